The number of rotatable bonds is 2. The molecule has 0 amide bonds. The second-order valence-corrected chi connectivity index (χ2v) is 5.68. The number of carbonyl (C=O) groups excluding carboxylic acids is 1. The highest BCUT2D eigenvalue weighted by Crippen LogP contribution is 2.37. The van der Waals surface area contributed by atoms with Crippen LogP contribution in [0.4, 0.5) is 0 Å². The smallest absolute Gasteiger partial charge is 0.308 e. The molecule has 0 aliphatic heterocycles. The van der Waals surface area contributed by atoms with Crippen molar-refractivity contribution in [3.8, 4) is 0 Å². The van der Waals surface area contributed by atoms with Crippen molar-refractivity contribution in [1.82, 2.24) is 0 Å². The molecule has 0 radical (unpaired) electrons. The third-order valence-corrected chi connectivity index (χ3v) is 2.60. The number of allylic oxidation sites excluding steroid dienone is 1. The number of hydrogen-bond acceptors (Lipinski definition) is 2. The van der Waals surface area contributed by atoms with Crippen molar-refractivity contribution >= 4 is 37.8 Å². The summed E-state index contributed by atoms with van der Waals surface area (Å²) >= 11 is 6.57. The summed E-state index contributed by atoms with van der Waals surface area (Å²) in [6.45, 7) is 0. The fourth-order valence-corrected chi connectivity index (χ4v) is 2.08. The van der Waals surface area contributed by atoms with Crippen LogP contribution in [0.2, 0.25) is 0 Å². The van der Waals surface area contributed by atoms with E-state index in [0.29, 0.717) is 5.92 Å². The molecule has 2 nitrogen and oxygen atoms in total. The molecule has 0 aromatic heterocycles. The van der Waals surface area contributed by atoms with E-state index in [2.05, 4.69) is 42.7 Å². The number of methoxy groups -OCH3 is 1. The molecule has 68 valence electrons. The fraction of sp³-hybridized carbons (Fsp3) is 0.625. The first-order valence-corrected chi connectivity index (χ1v) is 5.32. The minimum absolute atomic E-state index is 0.0784. The van der Waals surface area contributed by atoms with Crippen LogP contribution in [-0.2, 0) is 9.53 Å². The quantitative estimate of drug-likeness (QED) is 0.733. The van der Waals surface area contributed by atoms with E-state index in [1.165, 1.54) is 7.11 Å². The van der Waals surface area contributed by atoms with Gasteiger partial charge in [-0.25, -0.2) is 0 Å². The van der Waals surface area contributed by atoms with Crippen LogP contribution in [0, 0.1) is 11.8 Å². The standard InChI is InChI=1S/C8H10Br2O2/c1-12-8(11)6-2-5(3-6)4-7(9)10/h4-6H,2-3H2,1H3/t5-,6-. The molecule has 1 rings (SSSR count). The van der Waals surface area contributed by atoms with Gasteiger partial charge in [-0.3, -0.25) is 4.79 Å². The lowest BCUT2D eigenvalue weighted by molar-refractivity contribution is -0.149. The van der Waals surface area contributed by atoms with E-state index >= 15 is 0 Å². The molecule has 1 saturated carbocycles. The lowest BCUT2D eigenvalue weighted by Crippen LogP contribution is -2.30. The van der Waals surface area contributed by atoms with Crippen LogP contribution in [0.15, 0.2) is 9.47 Å². The van der Waals surface area contributed by atoms with Crippen molar-refractivity contribution in [3.05, 3.63) is 9.47 Å². The van der Waals surface area contributed by atoms with Gasteiger partial charge in [0.05, 0.1) is 16.4 Å². The minimum Gasteiger partial charge on any atom is -0.469 e. The molecule has 0 heterocycles. The average molecular weight is 298 g/mol. The van der Waals surface area contributed by atoms with Crippen molar-refractivity contribution in [2.24, 2.45) is 11.8 Å². The van der Waals surface area contributed by atoms with Gasteiger partial charge in [-0.1, -0.05) is 6.08 Å². The second kappa shape index (κ2) is 4.42. The number of carbonyl (C=O) groups is 1. The first-order valence-electron chi connectivity index (χ1n) is 3.74. The van der Waals surface area contributed by atoms with Crippen molar-refractivity contribution in [3.63, 3.8) is 0 Å². The van der Waals surface area contributed by atoms with Gasteiger partial charge in [0.2, 0.25) is 0 Å². The summed E-state index contributed by atoms with van der Waals surface area (Å²) in [4.78, 5) is 11.0. The number of esters is 1. The number of ether oxygens (including phenoxy) is 1. The van der Waals surface area contributed by atoms with Crippen molar-refractivity contribution in [1.29, 1.82) is 0 Å². The van der Waals surface area contributed by atoms with Crippen LogP contribution in [-0.4, -0.2) is 13.1 Å². The molecule has 1 aliphatic carbocycles. The molecule has 1 fully saturated rings. The zero-order valence-corrected chi connectivity index (χ0v) is 9.89. The van der Waals surface area contributed by atoms with Crippen molar-refractivity contribution in [2.75, 3.05) is 7.11 Å². The Bertz CT molecular complexity index is 203. The van der Waals surface area contributed by atoms with Gasteiger partial charge >= 0.3 is 5.97 Å². The average Bonchev–Trinajstić information content (AvgIpc) is 1.94. The highest BCUT2D eigenvalue weighted by Gasteiger charge is 2.33. The number of halogens is 2. The van der Waals surface area contributed by atoms with E-state index in [-0.39, 0.29) is 11.9 Å². The Balaban J connectivity index is 2.29. The summed E-state index contributed by atoms with van der Waals surface area (Å²) in [5.74, 6) is 0.559. The molecule has 0 bridgehead atoms. The van der Waals surface area contributed by atoms with Gasteiger partial charge < -0.3 is 4.74 Å². The van der Waals surface area contributed by atoms with Gasteiger partial charge in [-0.2, -0.15) is 0 Å². The van der Waals surface area contributed by atoms with Gasteiger partial charge in [0.1, 0.15) is 0 Å². The predicted molar refractivity (Wildman–Crippen MR) is 54.2 cm³/mol. The molecule has 0 N–H and O–H groups in total. The molecule has 12 heavy (non-hydrogen) atoms. The first kappa shape index (κ1) is 10.3. The largest absolute Gasteiger partial charge is 0.469 e. The lowest BCUT2D eigenvalue weighted by Gasteiger charge is -2.30. The molecule has 0 saturated heterocycles. The summed E-state index contributed by atoms with van der Waals surface area (Å²) in [5.41, 5.74) is 0. The van der Waals surface area contributed by atoms with Crippen molar-refractivity contribution < 1.29 is 9.53 Å². The van der Waals surface area contributed by atoms with E-state index in [1.54, 1.807) is 0 Å². The first-order chi connectivity index (χ1) is 5.63. The zero-order valence-electron chi connectivity index (χ0n) is 6.72. The van der Waals surface area contributed by atoms with E-state index in [0.717, 1.165) is 16.2 Å². The van der Waals surface area contributed by atoms with Crippen LogP contribution in [0.25, 0.3) is 0 Å². The van der Waals surface area contributed by atoms with Crippen LogP contribution in [0.3, 0.4) is 0 Å². The summed E-state index contributed by atoms with van der Waals surface area (Å²) in [7, 11) is 1.44. The maximum absolute atomic E-state index is 11.0. The third-order valence-electron chi connectivity index (χ3n) is 2.07. The van der Waals surface area contributed by atoms with Gasteiger partial charge in [0, 0.05) is 0 Å². The molecular formula is C8H10Br2O2. The highest BCUT2D eigenvalue weighted by atomic mass is 79.9. The predicted octanol–water partition coefficient (Wildman–Crippen LogP) is 2.82. The zero-order chi connectivity index (χ0) is 9.14. The van der Waals surface area contributed by atoms with Crippen molar-refractivity contribution in [2.45, 2.75) is 12.8 Å². The maximum Gasteiger partial charge on any atom is 0.308 e. The summed E-state index contributed by atoms with van der Waals surface area (Å²) in [5, 5.41) is 0. The summed E-state index contributed by atoms with van der Waals surface area (Å²) < 4.78 is 5.59. The molecule has 0 unspecified atom stereocenters. The Morgan fingerprint density at radius 1 is 1.50 bits per heavy atom. The normalized spacial score (nSPS) is 27.2. The Morgan fingerprint density at radius 2 is 2.08 bits per heavy atom. The molecular weight excluding hydrogens is 288 g/mol. The van der Waals surface area contributed by atoms with Gasteiger partial charge in [-0.15, -0.1) is 0 Å². The van der Waals surface area contributed by atoms with Crippen LogP contribution in [0.1, 0.15) is 12.8 Å². The van der Waals surface area contributed by atoms with E-state index in [1.807, 2.05) is 0 Å². The van der Waals surface area contributed by atoms with Gasteiger partial charge in [-0.05, 0) is 50.6 Å². The van der Waals surface area contributed by atoms with Crippen LogP contribution >= 0.6 is 31.9 Å². The Kier molecular flexibility index (Phi) is 3.77. The topological polar surface area (TPSA) is 26.3 Å². The van der Waals surface area contributed by atoms with E-state index in [4.69, 9.17) is 0 Å². The van der Waals surface area contributed by atoms with E-state index in [9.17, 15) is 4.79 Å². The molecule has 0 spiro atoms. The maximum atomic E-state index is 11.0. The molecule has 0 atom stereocenters. The highest BCUT2D eigenvalue weighted by molar-refractivity contribution is 9.28. The second-order valence-electron chi connectivity index (χ2n) is 2.91. The van der Waals surface area contributed by atoms with Crippen LogP contribution < -0.4 is 0 Å². The monoisotopic (exact) mass is 296 g/mol. The molecule has 4 heteroatoms. The van der Waals surface area contributed by atoms with Gasteiger partial charge in [0.25, 0.3) is 0 Å². The Morgan fingerprint density at radius 3 is 2.50 bits per heavy atom. The lowest BCUT2D eigenvalue weighted by atomic mass is 9.75. The Labute approximate surface area is 88.6 Å². The fourth-order valence-electron chi connectivity index (χ4n) is 1.34. The molecule has 0 aromatic rings. The molecule has 0 aromatic carbocycles. The van der Waals surface area contributed by atoms with Crippen LogP contribution in [0.5, 0.6) is 0 Å². The molecule has 1 aliphatic rings. The third kappa shape index (κ3) is 2.59. The Hall–Kier alpha value is 0.170. The SMILES string of the molecule is COC(=O)[C@H]1C[C@H](C=C(Br)Br)C1. The minimum atomic E-state index is -0.0784. The summed E-state index contributed by atoms with van der Waals surface area (Å²) in [6, 6.07) is 0. The van der Waals surface area contributed by atoms with Gasteiger partial charge in [0.15, 0.2) is 0 Å². The number of hydrogen-bond donors (Lipinski definition) is 0. The summed E-state index contributed by atoms with van der Waals surface area (Å²) in [6.07, 6.45) is 3.89. The van der Waals surface area contributed by atoms with E-state index < -0.39 is 0 Å².